The van der Waals surface area contributed by atoms with Gasteiger partial charge in [0.05, 0.1) is 24.2 Å². The number of aliphatic carboxylic acids is 1. The summed E-state index contributed by atoms with van der Waals surface area (Å²) in [4.78, 5) is 37.0. The van der Waals surface area contributed by atoms with Gasteiger partial charge in [-0.25, -0.2) is 0 Å². The number of nitrogens with one attached hydrogen (secondary N) is 2. The van der Waals surface area contributed by atoms with E-state index in [4.69, 9.17) is 9.84 Å². The number of nitrogens with zero attached hydrogens (tertiary/aromatic N) is 1. The van der Waals surface area contributed by atoms with Gasteiger partial charge >= 0.3 is 5.97 Å². The minimum absolute atomic E-state index is 0.0360. The van der Waals surface area contributed by atoms with Gasteiger partial charge in [-0.3, -0.25) is 14.4 Å². The number of hydrogen-bond acceptors (Lipinski definition) is 5. The van der Waals surface area contributed by atoms with Gasteiger partial charge in [0.25, 0.3) is 5.91 Å². The summed E-state index contributed by atoms with van der Waals surface area (Å²) < 4.78 is 5.00. The van der Waals surface area contributed by atoms with Crippen molar-refractivity contribution in [3.63, 3.8) is 0 Å². The number of benzene rings is 2. The summed E-state index contributed by atoms with van der Waals surface area (Å²) >= 11 is 0. The summed E-state index contributed by atoms with van der Waals surface area (Å²) in [5.41, 5.74) is 4.32. The smallest absolute Gasteiger partial charge is 0.303 e. The van der Waals surface area contributed by atoms with Crippen LogP contribution < -0.4 is 10.6 Å². The molecular weight excluding hydrogens is 458 g/mol. The Bertz CT molecular complexity index is 1230. The van der Waals surface area contributed by atoms with Crippen LogP contribution in [0.2, 0.25) is 0 Å². The second-order valence-electron chi connectivity index (χ2n) is 9.65. The highest BCUT2D eigenvalue weighted by atomic mass is 16.5. The third-order valence-electron chi connectivity index (χ3n) is 7.65. The highest BCUT2D eigenvalue weighted by Crippen LogP contribution is 2.66. The maximum atomic E-state index is 13.5. The molecule has 1 saturated carbocycles. The predicted octanol–water partition coefficient (Wildman–Crippen LogP) is 3.43. The maximum absolute atomic E-state index is 13.5. The average molecular weight is 490 g/mol. The third-order valence-corrected chi connectivity index (χ3v) is 7.65. The molecule has 0 radical (unpaired) electrons. The quantitative estimate of drug-likeness (QED) is 0.439. The van der Waals surface area contributed by atoms with Gasteiger partial charge in [0.2, 0.25) is 5.91 Å². The Kier molecular flexibility index (Phi) is 7.41. The topological polar surface area (TPSA) is 129 Å². The van der Waals surface area contributed by atoms with Crippen LogP contribution in [0, 0.1) is 23.2 Å². The second kappa shape index (κ2) is 10.5. The lowest BCUT2D eigenvalue weighted by molar-refractivity contribution is -0.137. The van der Waals surface area contributed by atoms with Crippen LogP contribution in [0.1, 0.15) is 58.8 Å². The monoisotopic (exact) mass is 489 g/mol. The van der Waals surface area contributed by atoms with E-state index in [-0.39, 0.29) is 35.5 Å². The van der Waals surface area contributed by atoms with Gasteiger partial charge in [-0.05, 0) is 72.6 Å². The molecule has 0 unspecified atom stereocenters. The Balaban J connectivity index is 1.53. The molecule has 0 aliphatic heterocycles. The van der Waals surface area contributed by atoms with Crippen molar-refractivity contribution < 1.29 is 24.2 Å². The van der Waals surface area contributed by atoms with Crippen molar-refractivity contribution >= 4 is 23.5 Å². The molecule has 2 aliphatic rings. The van der Waals surface area contributed by atoms with Crippen molar-refractivity contribution in [1.82, 2.24) is 5.32 Å². The van der Waals surface area contributed by atoms with Crippen molar-refractivity contribution in [3.8, 4) is 6.07 Å². The van der Waals surface area contributed by atoms with Crippen LogP contribution in [0.5, 0.6) is 0 Å². The van der Waals surface area contributed by atoms with E-state index in [1.165, 1.54) is 5.56 Å². The lowest BCUT2D eigenvalue weighted by atomic mass is 9.92. The predicted molar refractivity (Wildman–Crippen MR) is 134 cm³/mol. The lowest BCUT2D eigenvalue weighted by Gasteiger charge is -2.15. The molecule has 2 aromatic rings. The van der Waals surface area contributed by atoms with Gasteiger partial charge in [-0.2, -0.15) is 5.26 Å². The second-order valence-corrected chi connectivity index (χ2v) is 9.65. The van der Waals surface area contributed by atoms with Crippen molar-refractivity contribution in [2.75, 3.05) is 25.6 Å². The molecule has 3 N–H and O–H groups in total. The van der Waals surface area contributed by atoms with Crippen LogP contribution in [-0.2, 0) is 32.6 Å². The van der Waals surface area contributed by atoms with E-state index < -0.39 is 5.97 Å². The lowest BCUT2D eigenvalue weighted by Crippen LogP contribution is -2.27. The van der Waals surface area contributed by atoms with Crippen molar-refractivity contribution in [2.45, 2.75) is 44.4 Å². The van der Waals surface area contributed by atoms with Crippen LogP contribution in [0.15, 0.2) is 36.4 Å². The van der Waals surface area contributed by atoms with E-state index >= 15 is 0 Å². The summed E-state index contributed by atoms with van der Waals surface area (Å²) in [6.45, 7) is 2.94. The number of methoxy groups -OCH3 is 1. The van der Waals surface area contributed by atoms with E-state index in [1.54, 1.807) is 25.3 Å². The first kappa shape index (κ1) is 25.4. The number of ether oxygens (including phenoxy) is 1. The summed E-state index contributed by atoms with van der Waals surface area (Å²) in [6, 6.07) is 13.0. The fourth-order valence-corrected chi connectivity index (χ4v) is 5.72. The normalized spacial score (nSPS) is 21.5. The first-order valence-electron chi connectivity index (χ1n) is 12.3. The number of carboxylic acids is 1. The SMILES string of the molecule is COCCNC(=O)c1ccc2c(c1)[C@@]1(CC2)[C@H](C(=O)Nc2cc(C#N)ccc2CCCC(=O)O)[C@@H]1C. The molecule has 4 rings (SSSR count). The molecule has 8 nitrogen and oxygen atoms in total. The van der Waals surface area contributed by atoms with Gasteiger partial charge in [-0.15, -0.1) is 0 Å². The molecule has 3 atom stereocenters. The van der Waals surface area contributed by atoms with Crippen LogP contribution >= 0.6 is 0 Å². The largest absolute Gasteiger partial charge is 0.481 e. The number of rotatable bonds is 10. The molecule has 0 bridgehead atoms. The van der Waals surface area contributed by atoms with Gasteiger partial charge in [0.15, 0.2) is 0 Å². The van der Waals surface area contributed by atoms with Crippen molar-refractivity contribution in [1.29, 1.82) is 5.26 Å². The molecule has 2 aromatic carbocycles. The Hall–Kier alpha value is -3.70. The maximum Gasteiger partial charge on any atom is 0.303 e. The van der Waals surface area contributed by atoms with Crippen LogP contribution in [-0.4, -0.2) is 43.2 Å². The molecule has 1 spiro atoms. The zero-order valence-electron chi connectivity index (χ0n) is 20.6. The molecule has 8 heteroatoms. The summed E-state index contributed by atoms with van der Waals surface area (Å²) in [6.07, 6.45) is 2.67. The number of fused-ring (bicyclic) bond motifs is 2. The van der Waals surface area contributed by atoms with Gasteiger partial charge in [-0.1, -0.05) is 19.1 Å². The number of carbonyl (C=O) groups excluding carboxylic acids is 2. The molecule has 1 fully saturated rings. The van der Waals surface area contributed by atoms with E-state index in [0.717, 1.165) is 24.0 Å². The molecular formula is C28H31N3O5. The highest BCUT2D eigenvalue weighted by molar-refractivity contribution is 5.98. The highest BCUT2D eigenvalue weighted by Gasteiger charge is 2.68. The zero-order chi connectivity index (χ0) is 25.9. The standard InChI is InChI=1S/C28H31N3O5/c1-17-25(27(35)31-23-14-18(16-29)6-7-20(23)4-3-5-24(32)33)28(17)11-10-19-8-9-21(15-22(19)28)26(34)30-12-13-36-2/h6-9,14-15,17,25H,3-5,10-13H2,1-2H3,(H,30,34)(H,31,35)(H,32,33)/t17-,25-,28-/m0/s1. The van der Waals surface area contributed by atoms with Crippen molar-refractivity contribution in [2.24, 2.45) is 11.8 Å². The van der Waals surface area contributed by atoms with Gasteiger partial charge in [0.1, 0.15) is 0 Å². The van der Waals surface area contributed by atoms with Gasteiger partial charge in [0, 0.05) is 36.7 Å². The number of amides is 2. The van der Waals surface area contributed by atoms with Crippen LogP contribution in [0.3, 0.4) is 0 Å². The van der Waals surface area contributed by atoms with Crippen molar-refractivity contribution in [3.05, 3.63) is 64.2 Å². The van der Waals surface area contributed by atoms with E-state index in [1.807, 2.05) is 18.2 Å². The Morgan fingerprint density at radius 2 is 2.03 bits per heavy atom. The number of carboxylic acid groups (broad SMARTS) is 1. The Morgan fingerprint density at radius 3 is 2.75 bits per heavy atom. The summed E-state index contributed by atoms with van der Waals surface area (Å²) in [5, 5.41) is 24.2. The molecule has 2 amide bonds. The molecule has 2 aliphatic carbocycles. The fraction of sp³-hybridized carbons (Fsp3) is 0.429. The average Bonchev–Trinajstić information content (AvgIpc) is 3.28. The molecule has 36 heavy (non-hydrogen) atoms. The van der Waals surface area contributed by atoms with Crippen LogP contribution in [0.4, 0.5) is 5.69 Å². The van der Waals surface area contributed by atoms with Gasteiger partial charge < -0.3 is 20.5 Å². The molecule has 0 aromatic heterocycles. The summed E-state index contributed by atoms with van der Waals surface area (Å²) in [7, 11) is 1.58. The Labute approximate surface area is 210 Å². The van der Waals surface area contributed by atoms with E-state index in [9.17, 15) is 19.6 Å². The fourth-order valence-electron chi connectivity index (χ4n) is 5.72. The number of carbonyl (C=O) groups is 3. The number of aryl methyl sites for hydroxylation is 2. The summed E-state index contributed by atoms with van der Waals surface area (Å²) in [5.74, 6) is -1.27. The first-order valence-corrected chi connectivity index (χ1v) is 12.3. The molecule has 0 saturated heterocycles. The minimum atomic E-state index is -0.866. The number of hydrogen-bond donors (Lipinski definition) is 3. The van der Waals surface area contributed by atoms with E-state index in [0.29, 0.717) is 42.8 Å². The zero-order valence-corrected chi connectivity index (χ0v) is 20.6. The number of anilines is 1. The molecule has 188 valence electrons. The Morgan fingerprint density at radius 1 is 1.22 bits per heavy atom. The van der Waals surface area contributed by atoms with Crippen LogP contribution in [0.25, 0.3) is 0 Å². The van der Waals surface area contributed by atoms with E-state index in [2.05, 4.69) is 23.6 Å². The first-order chi connectivity index (χ1) is 17.3. The number of nitriles is 1. The minimum Gasteiger partial charge on any atom is -0.481 e. The molecule has 0 heterocycles. The third kappa shape index (κ3) is 4.84.